The number of ether oxygens (including phenoxy) is 3. The lowest BCUT2D eigenvalue weighted by molar-refractivity contribution is -0.133. The van der Waals surface area contributed by atoms with Crippen LogP contribution in [0.1, 0.15) is 25.7 Å². The van der Waals surface area contributed by atoms with Gasteiger partial charge in [-0.1, -0.05) is 11.6 Å². The monoisotopic (exact) mass is 414 g/mol. The zero-order chi connectivity index (χ0) is 19.5. The van der Waals surface area contributed by atoms with E-state index in [0.717, 1.165) is 45.1 Å². The summed E-state index contributed by atoms with van der Waals surface area (Å²) >= 11 is 5.92. The molecule has 156 valence electrons. The lowest BCUT2D eigenvalue weighted by atomic mass is 9.92. The highest BCUT2D eigenvalue weighted by Crippen LogP contribution is 2.37. The lowest BCUT2D eigenvalue weighted by Gasteiger charge is -2.36. The van der Waals surface area contributed by atoms with Gasteiger partial charge < -0.3 is 19.3 Å². The van der Waals surface area contributed by atoms with Crippen LogP contribution in [0.4, 0.5) is 4.39 Å². The maximum absolute atomic E-state index is 13.9. The Kier molecular flexibility index (Phi) is 6.58. The molecule has 0 saturated carbocycles. The number of hydrogen-bond acceptors (Lipinski definition) is 6. The number of fused-ring (bicyclic) bond motifs is 1. The molecule has 0 aromatic heterocycles. The minimum Gasteiger partial charge on any atom is -0.483 e. The van der Waals surface area contributed by atoms with Gasteiger partial charge in [0.05, 0.1) is 6.61 Å². The van der Waals surface area contributed by atoms with E-state index >= 15 is 0 Å². The van der Waals surface area contributed by atoms with Crippen LogP contribution in [0, 0.1) is 11.7 Å². The fourth-order valence-electron chi connectivity index (χ4n) is 4.29. The summed E-state index contributed by atoms with van der Waals surface area (Å²) in [4.78, 5) is 4.39. The van der Waals surface area contributed by atoms with Crippen molar-refractivity contribution in [2.75, 3.05) is 45.9 Å². The second kappa shape index (κ2) is 9.13. The van der Waals surface area contributed by atoms with Crippen LogP contribution < -0.4 is 9.47 Å². The number of piperidine rings is 1. The van der Waals surface area contributed by atoms with Crippen LogP contribution in [0.5, 0.6) is 11.5 Å². The second-order valence-corrected chi connectivity index (χ2v) is 8.32. The van der Waals surface area contributed by atoms with Crippen molar-refractivity contribution in [3.8, 4) is 11.5 Å². The first-order chi connectivity index (χ1) is 13.6. The van der Waals surface area contributed by atoms with Crippen LogP contribution in [-0.2, 0) is 4.74 Å². The fourth-order valence-corrected chi connectivity index (χ4v) is 4.48. The molecule has 0 aliphatic carbocycles. The van der Waals surface area contributed by atoms with E-state index in [-0.39, 0.29) is 11.9 Å². The molecule has 4 rings (SSSR count). The fraction of sp³-hybridized carbons (Fsp3) is 0.700. The maximum atomic E-state index is 13.9. The summed E-state index contributed by atoms with van der Waals surface area (Å²) in [6, 6.07) is 2.85. The van der Waals surface area contributed by atoms with E-state index in [4.69, 9.17) is 25.8 Å². The van der Waals surface area contributed by atoms with E-state index < -0.39 is 12.2 Å². The molecule has 1 aromatic carbocycles. The maximum Gasteiger partial charge on any atom is 0.216 e. The third kappa shape index (κ3) is 4.89. The molecule has 28 heavy (non-hydrogen) atoms. The topological polar surface area (TPSA) is 54.4 Å². The highest BCUT2D eigenvalue weighted by atomic mass is 35.5. The van der Waals surface area contributed by atoms with Gasteiger partial charge in [0.2, 0.25) is 6.41 Å². The van der Waals surface area contributed by atoms with Crippen LogP contribution in [0.2, 0.25) is 5.02 Å². The van der Waals surface area contributed by atoms with Crippen LogP contribution in [-0.4, -0.2) is 73.4 Å². The molecule has 0 bridgehead atoms. The van der Waals surface area contributed by atoms with E-state index in [1.165, 1.54) is 25.3 Å². The highest BCUT2D eigenvalue weighted by molar-refractivity contribution is 6.30. The number of aliphatic hydroxyl groups is 1. The summed E-state index contributed by atoms with van der Waals surface area (Å²) in [5.74, 6) is 0.806. The van der Waals surface area contributed by atoms with Gasteiger partial charge in [0.15, 0.2) is 17.3 Å². The SMILES string of the molecule is OC1OCCN1CCCC1CCN(CC2COc3c(F)cc(Cl)cc3O2)CC1. The van der Waals surface area contributed by atoms with Crippen LogP contribution in [0.25, 0.3) is 0 Å². The largest absolute Gasteiger partial charge is 0.483 e. The lowest BCUT2D eigenvalue weighted by Crippen LogP contribution is -2.44. The van der Waals surface area contributed by atoms with Crippen molar-refractivity contribution in [3.63, 3.8) is 0 Å². The number of nitrogens with zero attached hydrogens (tertiary/aromatic N) is 2. The Hall–Kier alpha value is -1.12. The Morgan fingerprint density at radius 1 is 1.21 bits per heavy atom. The van der Waals surface area contributed by atoms with Gasteiger partial charge in [-0.3, -0.25) is 9.80 Å². The van der Waals surface area contributed by atoms with Gasteiger partial charge in [-0.05, 0) is 50.8 Å². The molecule has 1 N–H and O–H groups in total. The molecule has 0 radical (unpaired) electrons. The molecule has 3 aliphatic rings. The van der Waals surface area contributed by atoms with Crippen molar-refractivity contribution >= 4 is 11.6 Å². The number of rotatable bonds is 6. The van der Waals surface area contributed by atoms with Crippen molar-refractivity contribution in [1.29, 1.82) is 0 Å². The Labute approximate surface area is 170 Å². The normalized spacial score (nSPS) is 26.7. The molecule has 3 heterocycles. The third-order valence-electron chi connectivity index (χ3n) is 5.87. The molecule has 0 amide bonds. The number of hydrogen-bond donors (Lipinski definition) is 1. The van der Waals surface area contributed by atoms with Gasteiger partial charge in [0.25, 0.3) is 0 Å². The molecule has 2 fully saturated rings. The Balaban J connectivity index is 1.18. The predicted molar refractivity (Wildman–Crippen MR) is 103 cm³/mol. The second-order valence-electron chi connectivity index (χ2n) is 7.88. The number of benzene rings is 1. The molecular formula is C20H28ClFN2O4. The molecule has 2 saturated heterocycles. The van der Waals surface area contributed by atoms with E-state index in [9.17, 15) is 9.50 Å². The smallest absolute Gasteiger partial charge is 0.216 e. The number of halogens is 2. The van der Waals surface area contributed by atoms with Gasteiger partial charge in [-0.2, -0.15) is 0 Å². The summed E-state index contributed by atoms with van der Waals surface area (Å²) < 4.78 is 30.5. The van der Waals surface area contributed by atoms with Crippen molar-refractivity contribution < 1.29 is 23.7 Å². The van der Waals surface area contributed by atoms with E-state index in [2.05, 4.69) is 4.90 Å². The van der Waals surface area contributed by atoms with Crippen molar-refractivity contribution in [2.45, 2.75) is 38.2 Å². The van der Waals surface area contributed by atoms with E-state index in [0.29, 0.717) is 24.0 Å². The molecule has 2 unspecified atom stereocenters. The first-order valence-corrected chi connectivity index (χ1v) is 10.5. The standard InChI is InChI=1S/C20H28ClFN2O4/c21-15-10-17(22)19-18(11-15)28-16(13-27-19)12-23-6-3-14(4-7-23)2-1-5-24-8-9-26-20(24)25/h10-11,14,16,20,25H,1-9,12-13H2. The zero-order valence-corrected chi connectivity index (χ0v) is 16.7. The minimum absolute atomic E-state index is 0.112. The summed E-state index contributed by atoms with van der Waals surface area (Å²) in [7, 11) is 0. The molecule has 6 nitrogen and oxygen atoms in total. The Bertz CT molecular complexity index is 672. The average Bonchev–Trinajstić information content (AvgIpc) is 3.08. The van der Waals surface area contributed by atoms with Gasteiger partial charge in [-0.15, -0.1) is 0 Å². The molecular weight excluding hydrogens is 387 g/mol. The van der Waals surface area contributed by atoms with Crippen LogP contribution in [0.15, 0.2) is 12.1 Å². The summed E-state index contributed by atoms with van der Waals surface area (Å²) in [5.41, 5.74) is 0. The quantitative estimate of drug-likeness (QED) is 0.772. The van der Waals surface area contributed by atoms with Gasteiger partial charge in [-0.25, -0.2) is 4.39 Å². The molecule has 8 heteroatoms. The van der Waals surface area contributed by atoms with E-state index in [1.54, 1.807) is 6.07 Å². The molecule has 2 atom stereocenters. The predicted octanol–water partition coefficient (Wildman–Crippen LogP) is 2.72. The zero-order valence-electron chi connectivity index (χ0n) is 16.0. The van der Waals surface area contributed by atoms with Crippen molar-refractivity contribution in [1.82, 2.24) is 9.80 Å². The first-order valence-electron chi connectivity index (χ1n) is 10.1. The van der Waals surface area contributed by atoms with Gasteiger partial charge in [0, 0.05) is 30.7 Å². The number of aliphatic hydroxyl groups excluding tert-OH is 1. The Morgan fingerprint density at radius 3 is 2.79 bits per heavy atom. The minimum atomic E-state index is -0.715. The highest BCUT2D eigenvalue weighted by Gasteiger charge is 2.28. The summed E-state index contributed by atoms with van der Waals surface area (Å²) in [6.07, 6.45) is 3.79. The Morgan fingerprint density at radius 2 is 2.04 bits per heavy atom. The summed E-state index contributed by atoms with van der Waals surface area (Å²) in [5, 5.41) is 9.97. The molecule has 3 aliphatic heterocycles. The third-order valence-corrected chi connectivity index (χ3v) is 6.08. The molecule has 1 aromatic rings. The van der Waals surface area contributed by atoms with Gasteiger partial charge in [0.1, 0.15) is 12.7 Å². The van der Waals surface area contributed by atoms with Crippen molar-refractivity contribution in [2.24, 2.45) is 5.92 Å². The average molecular weight is 415 g/mol. The van der Waals surface area contributed by atoms with Gasteiger partial charge >= 0.3 is 0 Å². The van der Waals surface area contributed by atoms with Crippen LogP contribution in [0.3, 0.4) is 0 Å². The van der Waals surface area contributed by atoms with E-state index in [1.807, 2.05) is 4.90 Å². The summed E-state index contributed by atoms with van der Waals surface area (Å²) in [6.45, 7) is 5.54. The number of likely N-dealkylation sites (tertiary alicyclic amines) is 1. The molecule has 0 spiro atoms. The first kappa shape index (κ1) is 20.2. The van der Waals surface area contributed by atoms with Crippen LogP contribution >= 0.6 is 11.6 Å². The van der Waals surface area contributed by atoms with Crippen molar-refractivity contribution in [3.05, 3.63) is 23.0 Å².